The van der Waals surface area contributed by atoms with E-state index in [-0.39, 0.29) is 41.0 Å². The number of rotatable bonds is 21. The Labute approximate surface area is 272 Å². The van der Waals surface area contributed by atoms with Crippen molar-refractivity contribution in [2.24, 2.45) is 23.7 Å². The number of carbonyl (C=O) groups excluding carboxylic acids is 5. The SMILES string of the molecule is CCC(/C=C/C(C)=O)=C\[C@H](O)C[C@H](C)C[C@@H](C)CC[C@H](O)[C@H](C)C(=O)C[C@@H](O)[C@H](C)[C@@H](C)OC(=O)C[C@@H](O)C1=C(C)C(=O)OC1=O. The normalized spacial score (nSPS) is 20.0. The topological polar surface area (TPSA) is 185 Å². The van der Waals surface area contributed by atoms with E-state index in [0.717, 1.165) is 12.0 Å². The van der Waals surface area contributed by atoms with Crippen LogP contribution in [0.1, 0.15) is 100 Å². The van der Waals surface area contributed by atoms with Crippen LogP contribution in [0.25, 0.3) is 0 Å². The van der Waals surface area contributed by atoms with Crippen LogP contribution in [0.5, 0.6) is 0 Å². The molecule has 0 saturated carbocycles. The molecule has 0 amide bonds. The van der Waals surface area contributed by atoms with Crippen molar-refractivity contribution in [3.8, 4) is 0 Å². The highest BCUT2D eigenvalue weighted by Crippen LogP contribution is 2.26. The van der Waals surface area contributed by atoms with Crippen LogP contribution in [0, 0.1) is 23.7 Å². The fourth-order valence-corrected chi connectivity index (χ4v) is 5.44. The van der Waals surface area contributed by atoms with Crippen molar-refractivity contribution in [2.75, 3.05) is 0 Å². The van der Waals surface area contributed by atoms with E-state index in [0.29, 0.717) is 25.7 Å². The number of ether oxygens (including phenoxy) is 2. The van der Waals surface area contributed by atoms with Gasteiger partial charge in [-0.3, -0.25) is 14.4 Å². The molecule has 0 aliphatic carbocycles. The molecule has 46 heavy (non-hydrogen) atoms. The minimum absolute atomic E-state index is 0.0485. The van der Waals surface area contributed by atoms with Crippen molar-refractivity contribution >= 4 is 29.5 Å². The molecule has 0 unspecified atom stereocenters. The number of aliphatic hydroxyl groups excluding tert-OH is 4. The third kappa shape index (κ3) is 13.8. The first kappa shape index (κ1) is 41.0. The Morgan fingerprint density at radius 1 is 0.848 bits per heavy atom. The minimum Gasteiger partial charge on any atom is -0.462 e. The summed E-state index contributed by atoms with van der Waals surface area (Å²) >= 11 is 0. The van der Waals surface area contributed by atoms with Gasteiger partial charge < -0.3 is 29.9 Å². The van der Waals surface area contributed by atoms with Gasteiger partial charge in [0.1, 0.15) is 11.9 Å². The van der Waals surface area contributed by atoms with Crippen LogP contribution >= 0.6 is 0 Å². The molecule has 0 aromatic rings. The molecule has 11 nitrogen and oxygen atoms in total. The molecular formula is C35H54O11. The van der Waals surface area contributed by atoms with Gasteiger partial charge in [-0.1, -0.05) is 46.8 Å². The lowest BCUT2D eigenvalue weighted by Crippen LogP contribution is -2.36. The van der Waals surface area contributed by atoms with Gasteiger partial charge in [0.05, 0.1) is 36.4 Å². The van der Waals surface area contributed by atoms with E-state index in [1.165, 1.54) is 26.8 Å². The highest BCUT2D eigenvalue weighted by molar-refractivity contribution is 6.12. The highest BCUT2D eigenvalue weighted by atomic mass is 16.6. The van der Waals surface area contributed by atoms with Crippen molar-refractivity contribution < 1.29 is 53.9 Å². The van der Waals surface area contributed by atoms with Crippen molar-refractivity contribution in [3.05, 3.63) is 34.9 Å². The van der Waals surface area contributed by atoms with Gasteiger partial charge >= 0.3 is 17.9 Å². The predicted octanol–water partition coefficient (Wildman–Crippen LogP) is 3.70. The molecule has 0 aromatic carbocycles. The third-order valence-electron chi connectivity index (χ3n) is 8.72. The molecule has 0 bridgehead atoms. The largest absolute Gasteiger partial charge is 0.462 e. The van der Waals surface area contributed by atoms with Crippen LogP contribution < -0.4 is 0 Å². The second-order valence-corrected chi connectivity index (χ2v) is 12.9. The van der Waals surface area contributed by atoms with Crippen molar-refractivity contribution in [2.45, 2.75) is 131 Å². The number of carbonyl (C=O) groups is 5. The molecule has 11 heteroatoms. The fraction of sp³-hybridized carbons (Fsp3) is 0.686. The summed E-state index contributed by atoms with van der Waals surface area (Å²) < 4.78 is 9.73. The molecule has 260 valence electrons. The monoisotopic (exact) mass is 650 g/mol. The maximum absolute atomic E-state index is 12.9. The van der Waals surface area contributed by atoms with Crippen LogP contribution in [0.2, 0.25) is 0 Å². The van der Waals surface area contributed by atoms with E-state index in [2.05, 4.69) is 18.6 Å². The number of ketones is 2. The van der Waals surface area contributed by atoms with Crippen LogP contribution in [0.4, 0.5) is 0 Å². The van der Waals surface area contributed by atoms with E-state index in [1.54, 1.807) is 26.0 Å². The van der Waals surface area contributed by atoms with E-state index < -0.39 is 66.7 Å². The van der Waals surface area contributed by atoms with E-state index >= 15 is 0 Å². The quantitative estimate of drug-likeness (QED) is 0.0615. The smallest absolute Gasteiger partial charge is 0.345 e. The zero-order chi connectivity index (χ0) is 35.3. The second-order valence-electron chi connectivity index (χ2n) is 12.9. The summed E-state index contributed by atoms with van der Waals surface area (Å²) in [4.78, 5) is 59.7. The number of allylic oxidation sites excluding steroid dienone is 3. The first-order valence-electron chi connectivity index (χ1n) is 16.2. The van der Waals surface area contributed by atoms with Gasteiger partial charge in [-0.2, -0.15) is 0 Å². The number of cyclic esters (lactones) is 2. The molecule has 4 N–H and O–H groups in total. The van der Waals surface area contributed by atoms with E-state index in [9.17, 15) is 44.4 Å². The summed E-state index contributed by atoms with van der Waals surface area (Å²) in [6, 6.07) is 0. The van der Waals surface area contributed by atoms with Gasteiger partial charge in [-0.15, -0.1) is 0 Å². The first-order chi connectivity index (χ1) is 21.4. The number of hydrogen-bond donors (Lipinski definition) is 4. The summed E-state index contributed by atoms with van der Waals surface area (Å²) in [5.41, 5.74) is 0.529. The molecule has 1 aliphatic heterocycles. The number of esters is 3. The maximum Gasteiger partial charge on any atom is 0.345 e. The lowest BCUT2D eigenvalue weighted by atomic mass is 9.85. The average Bonchev–Trinajstić information content (AvgIpc) is 3.22. The van der Waals surface area contributed by atoms with Gasteiger partial charge in [-0.05, 0) is 76.4 Å². The summed E-state index contributed by atoms with van der Waals surface area (Å²) in [5, 5.41) is 42.1. The summed E-state index contributed by atoms with van der Waals surface area (Å²) in [5.74, 6) is -4.03. The Bertz CT molecular complexity index is 1170. The van der Waals surface area contributed by atoms with Gasteiger partial charge in [0.15, 0.2) is 5.78 Å². The third-order valence-corrected chi connectivity index (χ3v) is 8.72. The van der Waals surface area contributed by atoms with Gasteiger partial charge in [-0.25, -0.2) is 9.59 Å². The highest BCUT2D eigenvalue weighted by Gasteiger charge is 2.36. The molecule has 0 radical (unpaired) electrons. The number of hydrogen-bond acceptors (Lipinski definition) is 11. The van der Waals surface area contributed by atoms with Crippen LogP contribution in [-0.2, 0) is 33.4 Å². The predicted molar refractivity (Wildman–Crippen MR) is 171 cm³/mol. The zero-order valence-corrected chi connectivity index (χ0v) is 28.5. The molecule has 1 aliphatic rings. The van der Waals surface area contributed by atoms with Crippen LogP contribution in [0.3, 0.4) is 0 Å². The fourth-order valence-electron chi connectivity index (χ4n) is 5.44. The number of Topliss-reactive ketones (excluding diaryl/α,β-unsaturated/α-hetero) is 1. The molecule has 0 saturated heterocycles. The summed E-state index contributed by atoms with van der Waals surface area (Å²) in [6.45, 7) is 13.6. The Hall–Kier alpha value is -2.99. The summed E-state index contributed by atoms with van der Waals surface area (Å²) in [7, 11) is 0. The Balaban J connectivity index is 2.52. The maximum atomic E-state index is 12.9. The zero-order valence-electron chi connectivity index (χ0n) is 28.5. The van der Waals surface area contributed by atoms with E-state index in [4.69, 9.17) is 4.74 Å². The Morgan fingerprint density at radius 3 is 2.02 bits per heavy atom. The molecule has 0 spiro atoms. The van der Waals surface area contributed by atoms with Gasteiger partial charge in [0, 0.05) is 23.8 Å². The second kappa shape index (κ2) is 19.6. The van der Waals surface area contributed by atoms with Crippen molar-refractivity contribution in [3.63, 3.8) is 0 Å². The lowest BCUT2D eigenvalue weighted by molar-refractivity contribution is -0.154. The first-order valence-corrected chi connectivity index (χ1v) is 16.2. The summed E-state index contributed by atoms with van der Waals surface area (Å²) in [6.07, 6.45) is 2.22. The Kier molecular flexibility index (Phi) is 17.5. The Morgan fingerprint density at radius 2 is 1.48 bits per heavy atom. The van der Waals surface area contributed by atoms with E-state index in [1.807, 2.05) is 6.92 Å². The molecule has 1 rings (SSSR count). The molecule has 9 atom stereocenters. The van der Waals surface area contributed by atoms with Crippen molar-refractivity contribution in [1.29, 1.82) is 0 Å². The standard InChI is InChI=1S/C35H54O11/c1-9-26(12-11-21(4)36)16-27(37)15-20(3)14-19(2)10-13-28(38)23(6)30(40)17-29(39)22(5)25(8)45-32(42)18-31(41)33-24(7)34(43)46-35(33)44/h11-12,16,19-20,22-23,25,27-29,31,37-39,41H,9-10,13-15,17-18H2,1-8H3/b12-11+,26-16+/t19-,20+,22+,23-,25+,27+,28-,29+,31+/m0/s1. The van der Waals surface area contributed by atoms with Crippen LogP contribution in [-0.4, -0.2) is 80.4 Å². The molecule has 1 heterocycles. The molecule has 0 fully saturated rings. The van der Waals surface area contributed by atoms with Crippen molar-refractivity contribution in [1.82, 2.24) is 0 Å². The lowest BCUT2D eigenvalue weighted by Gasteiger charge is -2.27. The average molecular weight is 651 g/mol. The van der Waals surface area contributed by atoms with Gasteiger partial charge in [0.2, 0.25) is 0 Å². The number of aliphatic hydroxyl groups is 4. The molecule has 0 aromatic heterocycles. The van der Waals surface area contributed by atoms with Crippen LogP contribution in [0.15, 0.2) is 34.9 Å². The van der Waals surface area contributed by atoms with Gasteiger partial charge in [0.25, 0.3) is 0 Å². The molecular weight excluding hydrogens is 596 g/mol. The minimum atomic E-state index is -1.58.